The fourth-order valence-electron chi connectivity index (χ4n) is 4.56. The van der Waals surface area contributed by atoms with Gasteiger partial charge >= 0.3 is 11.9 Å². The number of pyridine rings is 1. The molecule has 0 radical (unpaired) electrons. The number of hydrogen-bond donors (Lipinski definition) is 4. The van der Waals surface area contributed by atoms with E-state index in [4.69, 9.17) is 0 Å². The minimum absolute atomic E-state index is 0.383. The summed E-state index contributed by atoms with van der Waals surface area (Å²) in [7, 11) is 2.19. The molecule has 1 aliphatic heterocycles. The van der Waals surface area contributed by atoms with E-state index in [2.05, 4.69) is 23.0 Å². The highest BCUT2D eigenvalue weighted by Crippen LogP contribution is 2.32. The first-order valence-electron chi connectivity index (χ1n) is 12.6. The summed E-state index contributed by atoms with van der Waals surface area (Å²) in [5.41, 5.74) is -5.91. The van der Waals surface area contributed by atoms with Gasteiger partial charge in [0.15, 0.2) is 0 Å². The number of nitrogens with zero attached hydrogens (tertiary/aromatic N) is 2. The average Bonchev–Trinajstić information content (AvgIpc) is 3.38. The Kier molecular flexibility index (Phi) is 9.31. The first-order valence-corrected chi connectivity index (χ1v) is 12.6. The largest absolute Gasteiger partial charge is 0.479 e. The number of carbonyl (C=O) groups excluding carboxylic acids is 2. The predicted molar refractivity (Wildman–Crippen MR) is 145 cm³/mol. The zero-order chi connectivity index (χ0) is 29.7. The molecule has 40 heavy (non-hydrogen) atoms. The second kappa shape index (κ2) is 12.3. The van der Waals surface area contributed by atoms with Crippen LogP contribution in [0.1, 0.15) is 56.3 Å². The molecule has 1 aliphatic rings. The number of aliphatic hydroxyl groups is 2. The minimum atomic E-state index is -3.96. The van der Waals surface area contributed by atoms with Crippen LogP contribution in [-0.4, -0.2) is 78.6 Å². The number of likely N-dealkylation sites (tertiary alicyclic amines) is 1. The number of ketones is 2. The lowest BCUT2D eigenvalue weighted by atomic mass is 9.73. The molecule has 1 aromatic heterocycles. The van der Waals surface area contributed by atoms with Gasteiger partial charge in [-0.15, -0.1) is 0 Å². The van der Waals surface area contributed by atoms with Crippen LogP contribution in [0, 0.1) is 13.8 Å². The van der Waals surface area contributed by atoms with Crippen LogP contribution in [0.5, 0.6) is 0 Å². The number of benzene rings is 2. The van der Waals surface area contributed by atoms with Gasteiger partial charge < -0.3 is 20.4 Å². The van der Waals surface area contributed by atoms with Crippen LogP contribution in [0.15, 0.2) is 73.1 Å². The molecule has 2 heterocycles. The molecule has 2 aromatic carbocycles. The van der Waals surface area contributed by atoms with E-state index in [-0.39, 0.29) is 11.1 Å². The Hall–Kier alpha value is -4.25. The quantitative estimate of drug-likeness (QED) is 0.243. The van der Waals surface area contributed by atoms with E-state index >= 15 is 0 Å². The number of aromatic nitrogens is 1. The lowest BCUT2D eigenvalue weighted by Crippen LogP contribution is -2.71. The Bertz CT molecular complexity index is 1300. The molecule has 4 N–H and O–H groups in total. The Morgan fingerprint density at radius 2 is 1.25 bits per heavy atom. The van der Waals surface area contributed by atoms with E-state index in [0.29, 0.717) is 17.2 Å². The van der Waals surface area contributed by atoms with Gasteiger partial charge in [0.1, 0.15) is 0 Å². The summed E-state index contributed by atoms with van der Waals surface area (Å²) < 4.78 is 0. The Morgan fingerprint density at radius 3 is 1.57 bits per heavy atom. The van der Waals surface area contributed by atoms with Crippen molar-refractivity contribution < 1.29 is 39.6 Å². The molecule has 10 nitrogen and oxygen atoms in total. The smallest absolute Gasteiger partial charge is 0.348 e. The van der Waals surface area contributed by atoms with E-state index in [9.17, 15) is 39.6 Å². The number of carbonyl (C=O) groups is 4. The van der Waals surface area contributed by atoms with E-state index in [1.807, 2.05) is 18.5 Å². The van der Waals surface area contributed by atoms with Gasteiger partial charge in [-0.25, -0.2) is 9.59 Å². The van der Waals surface area contributed by atoms with Crippen molar-refractivity contribution in [2.75, 3.05) is 13.6 Å². The van der Waals surface area contributed by atoms with Crippen LogP contribution in [0.2, 0.25) is 0 Å². The van der Waals surface area contributed by atoms with Gasteiger partial charge in [-0.05, 0) is 51.9 Å². The lowest BCUT2D eigenvalue weighted by Gasteiger charge is -2.34. The van der Waals surface area contributed by atoms with Crippen LogP contribution >= 0.6 is 0 Å². The standard InChI is InChI=1S/C20H18O8.C10H14N2/c1-11-3-7-13(8-4-11)15(21)19(27,17(23)24)20(28,18(25)26)16(22)14-9-5-12(2)6-10-14;1-12-7-3-5-10(12)9-4-2-6-11-8-9/h3-10,27-28H,1-2H3,(H,23,24)(H,25,26);2,4,6,8,10H,3,5,7H2,1H3/t;10-/m.1/s1. The first kappa shape index (κ1) is 30.3. The number of carboxylic acid groups (broad SMARTS) is 2. The third kappa shape index (κ3) is 5.84. The normalized spacial score (nSPS) is 18.0. The number of Topliss-reactive ketones (excluding diaryl/α,β-unsaturated/α-hetero) is 2. The molecular weight excluding hydrogens is 516 g/mol. The van der Waals surface area contributed by atoms with Gasteiger partial charge in [-0.2, -0.15) is 0 Å². The number of rotatable bonds is 8. The molecule has 4 rings (SSSR count). The zero-order valence-electron chi connectivity index (χ0n) is 22.4. The number of aliphatic carboxylic acids is 2. The highest BCUT2D eigenvalue weighted by Gasteiger charge is 2.69. The van der Waals surface area contributed by atoms with Crippen LogP contribution in [0.25, 0.3) is 0 Å². The van der Waals surface area contributed by atoms with E-state index in [0.717, 1.165) is 24.3 Å². The van der Waals surface area contributed by atoms with Crippen molar-refractivity contribution in [1.82, 2.24) is 9.88 Å². The maximum Gasteiger partial charge on any atom is 0.348 e. The third-order valence-corrected chi connectivity index (χ3v) is 7.02. The van der Waals surface area contributed by atoms with E-state index in [1.54, 1.807) is 13.8 Å². The van der Waals surface area contributed by atoms with Crippen molar-refractivity contribution in [2.24, 2.45) is 0 Å². The Morgan fingerprint density at radius 1 is 0.800 bits per heavy atom. The fraction of sp³-hybridized carbons (Fsp3) is 0.300. The number of hydrogen-bond acceptors (Lipinski definition) is 8. The van der Waals surface area contributed by atoms with Gasteiger partial charge in [0.2, 0.25) is 11.6 Å². The summed E-state index contributed by atoms with van der Waals surface area (Å²) >= 11 is 0. The molecule has 1 saturated heterocycles. The highest BCUT2D eigenvalue weighted by molar-refractivity contribution is 6.28. The van der Waals surface area contributed by atoms with Crippen LogP contribution in [0.4, 0.5) is 0 Å². The molecular formula is C30H32N2O8. The Labute approximate surface area is 231 Å². The van der Waals surface area contributed by atoms with Crippen molar-refractivity contribution in [1.29, 1.82) is 0 Å². The molecule has 10 heteroatoms. The fourth-order valence-corrected chi connectivity index (χ4v) is 4.56. The highest BCUT2D eigenvalue weighted by atomic mass is 16.5. The summed E-state index contributed by atoms with van der Waals surface area (Å²) in [5, 5.41) is 40.3. The molecule has 0 spiro atoms. The number of carboxylic acids is 2. The van der Waals surface area contributed by atoms with Crippen LogP contribution in [0.3, 0.4) is 0 Å². The van der Waals surface area contributed by atoms with Gasteiger partial charge in [-0.3, -0.25) is 19.5 Å². The summed E-state index contributed by atoms with van der Waals surface area (Å²) in [4.78, 5) is 55.6. The van der Waals surface area contributed by atoms with Crippen molar-refractivity contribution >= 4 is 23.5 Å². The monoisotopic (exact) mass is 548 g/mol. The maximum absolute atomic E-state index is 12.8. The molecule has 210 valence electrons. The minimum Gasteiger partial charge on any atom is -0.479 e. The lowest BCUT2D eigenvalue weighted by molar-refractivity contribution is -0.187. The molecule has 0 aliphatic carbocycles. The van der Waals surface area contributed by atoms with Gasteiger partial charge in [0, 0.05) is 29.6 Å². The number of aryl methyl sites for hydroxylation is 2. The van der Waals surface area contributed by atoms with E-state index < -0.39 is 34.7 Å². The van der Waals surface area contributed by atoms with Crippen molar-refractivity contribution in [3.8, 4) is 0 Å². The van der Waals surface area contributed by atoms with Crippen LogP contribution in [-0.2, 0) is 9.59 Å². The SMILES string of the molecule is CN1CCC[C@@H]1c1cccnc1.Cc1ccc(C(=O)C(O)(C(=O)O)C(O)(C(=O)O)C(=O)c2ccc(C)cc2)cc1. The predicted octanol–water partition coefficient (Wildman–Crippen LogP) is 2.85. The molecule has 0 saturated carbocycles. The molecule has 0 amide bonds. The zero-order valence-corrected chi connectivity index (χ0v) is 22.4. The van der Waals surface area contributed by atoms with E-state index in [1.165, 1.54) is 49.2 Å². The third-order valence-electron chi connectivity index (χ3n) is 7.02. The summed E-state index contributed by atoms with van der Waals surface area (Å²) in [6.45, 7) is 4.60. The Balaban J connectivity index is 0.000000302. The maximum atomic E-state index is 12.8. The molecule has 0 bridgehead atoms. The van der Waals surface area contributed by atoms with Crippen molar-refractivity contribution in [3.63, 3.8) is 0 Å². The average molecular weight is 549 g/mol. The van der Waals surface area contributed by atoms with Crippen LogP contribution < -0.4 is 0 Å². The topological polar surface area (TPSA) is 165 Å². The molecule has 3 atom stereocenters. The second-order valence-corrected chi connectivity index (χ2v) is 9.85. The van der Waals surface area contributed by atoms with Gasteiger partial charge in [0.05, 0.1) is 0 Å². The molecule has 2 unspecified atom stereocenters. The molecule has 3 aromatic rings. The summed E-state index contributed by atoms with van der Waals surface area (Å²) in [6, 6.07) is 15.1. The van der Waals surface area contributed by atoms with Crippen molar-refractivity contribution in [3.05, 3.63) is 101 Å². The second-order valence-electron chi connectivity index (χ2n) is 9.85. The van der Waals surface area contributed by atoms with Crippen molar-refractivity contribution in [2.45, 2.75) is 43.9 Å². The summed E-state index contributed by atoms with van der Waals surface area (Å²) in [6.07, 6.45) is 6.41. The van der Waals surface area contributed by atoms with Gasteiger partial charge in [-0.1, -0.05) is 65.7 Å². The molecule has 1 fully saturated rings. The van der Waals surface area contributed by atoms with Gasteiger partial charge in [0.25, 0.3) is 11.2 Å². The summed E-state index contributed by atoms with van der Waals surface area (Å²) in [5.74, 6) is -8.01. The first-order chi connectivity index (χ1) is 18.8.